The SMILES string of the molecule is Cc1nnc2c(N3CCOC(C(=O)N4CCC(F)(F)CC4)C3)nccn12. The van der Waals surface area contributed by atoms with Crippen molar-refractivity contribution in [2.75, 3.05) is 37.7 Å². The highest BCUT2D eigenvalue weighted by Gasteiger charge is 2.39. The summed E-state index contributed by atoms with van der Waals surface area (Å²) in [4.78, 5) is 20.5. The zero-order valence-electron chi connectivity index (χ0n) is 14.4. The van der Waals surface area contributed by atoms with Gasteiger partial charge in [0.15, 0.2) is 11.9 Å². The molecule has 0 bridgehead atoms. The van der Waals surface area contributed by atoms with Crippen LogP contribution in [0.15, 0.2) is 12.4 Å². The van der Waals surface area contributed by atoms with Crippen LogP contribution in [0.5, 0.6) is 0 Å². The predicted octanol–water partition coefficient (Wildman–Crippen LogP) is 0.896. The molecule has 4 rings (SSSR count). The van der Waals surface area contributed by atoms with Crippen LogP contribution >= 0.6 is 0 Å². The Morgan fingerprint density at radius 1 is 1.27 bits per heavy atom. The summed E-state index contributed by atoms with van der Waals surface area (Å²) in [6.45, 7) is 3.20. The molecule has 2 aliphatic rings. The Hall–Kier alpha value is -2.36. The molecule has 2 fully saturated rings. The van der Waals surface area contributed by atoms with Gasteiger partial charge in [0, 0.05) is 44.9 Å². The molecule has 0 spiro atoms. The number of carbonyl (C=O) groups excluding carboxylic acids is 1. The molecule has 0 N–H and O–H groups in total. The summed E-state index contributed by atoms with van der Waals surface area (Å²) in [7, 11) is 0. The van der Waals surface area contributed by atoms with Gasteiger partial charge in [-0.15, -0.1) is 10.2 Å². The highest BCUT2D eigenvalue weighted by molar-refractivity contribution is 5.82. The van der Waals surface area contributed by atoms with E-state index >= 15 is 0 Å². The Kier molecular flexibility index (Phi) is 4.22. The van der Waals surface area contributed by atoms with Gasteiger partial charge in [0.2, 0.25) is 5.65 Å². The number of likely N-dealkylation sites (tertiary alicyclic amines) is 1. The highest BCUT2D eigenvalue weighted by Crippen LogP contribution is 2.28. The van der Waals surface area contributed by atoms with Crippen LogP contribution in [0, 0.1) is 6.92 Å². The molecule has 2 aromatic rings. The summed E-state index contributed by atoms with van der Waals surface area (Å²) in [6.07, 6.45) is 2.16. The van der Waals surface area contributed by atoms with Crippen LogP contribution in [-0.4, -0.2) is 75.2 Å². The Morgan fingerprint density at radius 2 is 2.04 bits per heavy atom. The largest absolute Gasteiger partial charge is 0.365 e. The van der Waals surface area contributed by atoms with Gasteiger partial charge in [-0.3, -0.25) is 9.20 Å². The minimum absolute atomic E-state index is 0.0584. The van der Waals surface area contributed by atoms with Crippen molar-refractivity contribution in [3.8, 4) is 0 Å². The van der Waals surface area contributed by atoms with Crippen molar-refractivity contribution in [1.82, 2.24) is 24.5 Å². The summed E-state index contributed by atoms with van der Waals surface area (Å²) in [5.74, 6) is -1.53. The molecule has 8 nitrogen and oxygen atoms in total. The highest BCUT2D eigenvalue weighted by atomic mass is 19.3. The number of halogens is 2. The van der Waals surface area contributed by atoms with E-state index in [1.165, 1.54) is 4.90 Å². The minimum Gasteiger partial charge on any atom is -0.365 e. The number of fused-ring (bicyclic) bond motifs is 1. The molecule has 0 radical (unpaired) electrons. The van der Waals surface area contributed by atoms with Crippen LogP contribution in [0.3, 0.4) is 0 Å². The zero-order chi connectivity index (χ0) is 18.3. The van der Waals surface area contributed by atoms with E-state index in [1.54, 1.807) is 12.4 Å². The quantitative estimate of drug-likeness (QED) is 0.786. The first-order valence-electron chi connectivity index (χ1n) is 8.64. The van der Waals surface area contributed by atoms with Crippen LogP contribution in [-0.2, 0) is 9.53 Å². The average molecular weight is 366 g/mol. The van der Waals surface area contributed by atoms with E-state index in [0.717, 1.165) is 5.82 Å². The van der Waals surface area contributed by atoms with Gasteiger partial charge in [-0.05, 0) is 6.92 Å². The number of anilines is 1. The van der Waals surface area contributed by atoms with Gasteiger partial charge in [-0.2, -0.15) is 0 Å². The first kappa shape index (κ1) is 17.1. The molecule has 0 saturated carbocycles. The van der Waals surface area contributed by atoms with Crippen molar-refractivity contribution < 1.29 is 18.3 Å². The summed E-state index contributed by atoms with van der Waals surface area (Å²) < 4.78 is 34.1. The van der Waals surface area contributed by atoms with Crippen molar-refractivity contribution in [1.29, 1.82) is 0 Å². The fourth-order valence-electron chi connectivity index (χ4n) is 3.40. The summed E-state index contributed by atoms with van der Waals surface area (Å²) in [6, 6.07) is 0. The van der Waals surface area contributed by atoms with Crippen LogP contribution < -0.4 is 4.90 Å². The first-order valence-corrected chi connectivity index (χ1v) is 8.64. The van der Waals surface area contributed by atoms with Crippen LogP contribution in [0.1, 0.15) is 18.7 Å². The van der Waals surface area contributed by atoms with E-state index in [0.29, 0.717) is 31.2 Å². The summed E-state index contributed by atoms with van der Waals surface area (Å²) >= 11 is 0. The maximum absolute atomic E-state index is 13.3. The molecule has 26 heavy (non-hydrogen) atoms. The first-order chi connectivity index (χ1) is 12.4. The topological polar surface area (TPSA) is 75.9 Å². The van der Waals surface area contributed by atoms with Gasteiger partial charge in [-0.25, -0.2) is 13.8 Å². The number of carbonyl (C=O) groups is 1. The molecule has 2 aromatic heterocycles. The number of hydrogen-bond donors (Lipinski definition) is 0. The van der Waals surface area contributed by atoms with Crippen LogP contribution in [0.2, 0.25) is 0 Å². The van der Waals surface area contributed by atoms with E-state index in [1.807, 2.05) is 16.2 Å². The number of nitrogens with zero attached hydrogens (tertiary/aromatic N) is 6. The molecule has 1 unspecified atom stereocenters. The summed E-state index contributed by atoms with van der Waals surface area (Å²) in [5.41, 5.74) is 0.621. The molecule has 140 valence electrons. The number of alkyl halides is 2. The third-order valence-electron chi connectivity index (χ3n) is 4.93. The Labute approximate surface area is 148 Å². The van der Waals surface area contributed by atoms with Gasteiger partial charge in [0.25, 0.3) is 11.8 Å². The maximum Gasteiger partial charge on any atom is 0.253 e. The van der Waals surface area contributed by atoms with Crippen LogP contribution in [0.25, 0.3) is 5.65 Å². The number of amides is 1. The zero-order valence-corrected chi connectivity index (χ0v) is 14.4. The van der Waals surface area contributed by atoms with E-state index in [2.05, 4.69) is 15.2 Å². The number of aryl methyl sites for hydroxylation is 1. The second-order valence-corrected chi connectivity index (χ2v) is 6.68. The molecule has 2 aliphatic heterocycles. The number of aromatic nitrogens is 4. The molecular weight excluding hydrogens is 346 g/mol. The van der Waals surface area contributed by atoms with Crippen molar-refractivity contribution in [3.05, 3.63) is 18.2 Å². The second kappa shape index (κ2) is 6.42. The Morgan fingerprint density at radius 3 is 2.81 bits per heavy atom. The molecule has 0 aromatic carbocycles. The monoisotopic (exact) mass is 366 g/mol. The molecular formula is C16H20F2N6O2. The smallest absolute Gasteiger partial charge is 0.253 e. The fourth-order valence-corrected chi connectivity index (χ4v) is 3.40. The molecule has 0 aliphatic carbocycles. The number of piperidine rings is 1. The van der Waals surface area contributed by atoms with Gasteiger partial charge in [0.1, 0.15) is 5.82 Å². The molecule has 4 heterocycles. The van der Waals surface area contributed by atoms with Crippen molar-refractivity contribution in [3.63, 3.8) is 0 Å². The molecule has 1 atom stereocenters. The number of rotatable bonds is 2. The average Bonchev–Trinajstić information content (AvgIpc) is 3.03. The minimum atomic E-state index is -2.68. The predicted molar refractivity (Wildman–Crippen MR) is 88.2 cm³/mol. The van der Waals surface area contributed by atoms with Crippen molar-refractivity contribution >= 4 is 17.4 Å². The lowest BCUT2D eigenvalue weighted by atomic mass is 10.1. The lowest BCUT2D eigenvalue weighted by molar-refractivity contribution is -0.150. The number of hydrogen-bond acceptors (Lipinski definition) is 6. The van der Waals surface area contributed by atoms with Gasteiger partial charge < -0.3 is 14.5 Å². The third-order valence-corrected chi connectivity index (χ3v) is 4.93. The standard InChI is InChI=1S/C16H20F2N6O2/c1-11-20-21-14-13(19-4-7-24(11)14)23-8-9-26-12(10-23)15(25)22-5-2-16(17,18)3-6-22/h4,7,12H,2-3,5-6,8-10H2,1H3. The van der Waals surface area contributed by atoms with Gasteiger partial charge in [0.05, 0.1) is 13.2 Å². The van der Waals surface area contributed by atoms with Gasteiger partial charge in [-0.1, -0.05) is 0 Å². The van der Waals surface area contributed by atoms with Gasteiger partial charge >= 0.3 is 0 Å². The van der Waals surface area contributed by atoms with E-state index in [4.69, 9.17) is 4.74 Å². The lowest BCUT2D eigenvalue weighted by Gasteiger charge is -2.37. The lowest BCUT2D eigenvalue weighted by Crippen LogP contribution is -2.53. The van der Waals surface area contributed by atoms with Crippen LogP contribution in [0.4, 0.5) is 14.6 Å². The number of ether oxygens (including phenoxy) is 1. The Bertz CT molecular complexity index is 816. The second-order valence-electron chi connectivity index (χ2n) is 6.68. The molecule has 2 saturated heterocycles. The van der Waals surface area contributed by atoms with E-state index in [-0.39, 0.29) is 31.8 Å². The van der Waals surface area contributed by atoms with E-state index in [9.17, 15) is 13.6 Å². The third kappa shape index (κ3) is 3.09. The van der Waals surface area contributed by atoms with Crippen molar-refractivity contribution in [2.45, 2.75) is 31.8 Å². The molecule has 10 heteroatoms. The van der Waals surface area contributed by atoms with Crippen molar-refractivity contribution in [2.24, 2.45) is 0 Å². The summed E-state index contributed by atoms with van der Waals surface area (Å²) in [5, 5.41) is 8.22. The fraction of sp³-hybridized carbons (Fsp3) is 0.625. The number of morpholine rings is 1. The molecule has 1 amide bonds. The Balaban J connectivity index is 1.50. The van der Waals surface area contributed by atoms with E-state index < -0.39 is 12.0 Å². The normalized spacial score (nSPS) is 23.4. The maximum atomic E-state index is 13.3.